The molecule has 2 atom stereocenters. The fourth-order valence-electron chi connectivity index (χ4n) is 4.55. The first-order chi connectivity index (χ1) is 17.9. The summed E-state index contributed by atoms with van der Waals surface area (Å²) >= 11 is 0. The van der Waals surface area contributed by atoms with Crippen molar-refractivity contribution in [3.63, 3.8) is 0 Å². The lowest BCUT2D eigenvalue weighted by molar-refractivity contribution is -0.134. The third kappa shape index (κ3) is 7.97. The minimum Gasteiger partial charge on any atom is -0.423 e. The van der Waals surface area contributed by atoms with Crippen molar-refractivity contribution in [3.8, 4) is 23.0 Å². The molecule has 0 saturated carbocycles. The van der Waals surface area contributed by atoms with Crippen LogP contribution in [0.3, 0.4) is 0 Å². The molecule has 202 valence electrons. The first kappa shape index (κ1) is 28.5. The molecule has 0 N–H and O–H groups in total. The molecule has 0 bridgehead atoms. The maximum Gasteiger partial charge on any atom is 0.308 e. The highest BCUT2D eigenvalue weighted by atomic mass is 16.6. The molecule has 0 amide bonds. The third-order valence-electron chi connectivity index (χ3n) is 5.86. The fourth-order valence-corrected chi connectivity index (χ4v) is 4.55. The average Bonchev–Trinajstić information content (AvgIpc) is 2.79. The van der Waals surface area contributed by atoms with E-state index >= 15 is 0 Å². The number of hydrogen-bond acceptors (Lipinski definition) is 10. The lowest BCUT2D eigenvalue weighted by atomic mass is 9.81. The fraction of sp³-hybridized carbons (Fsp3) is 0.393. The minimum absolute atomic E-state index is 0.0827. The van der Waals surface area contributed by atoms with Gasteiger partial charge in [0.1, 0.15) is 5.78 Å². The van der Waals surface area contributed by atoms with E-state index in [2.05, 4.69) is 4.90 Å². The quantitative estimate of drug-likeness (QED) is 0.375. The van der Waals surface area contributed by atoms with Crippen LogP contribution in [0.4, 0.5) is 0 Å². The van der Waals surface area contributed by atoms with Gasteiger partial charge in [0, 0.05) is 52.6 Å². The van der Waals surface area contributed by atoms with E-state index in [0.29, 0.717) is 25.9 Å². The normalized spacial score (nSPS) is 17.4. The van der Waals surface area contributed by atoms with Gasteiger partial charge in [-0.05, 0) is 55.3 Å². The van der Waals surface area contributed by atoms with E-state index in [1.54, 1.807) is 36.4 Å². The number of benzene rings is 2. The van der Waals surface area contributed by atoms with E-state index < -0.39 is 23.9 Å². The number of rotatable bonds is 8. The first-order valence-corrected chi connectivity index (χ1v) is 12.1. The van der Waals surface area contributed by atoms with Crippen LogP contribution >= 0.6 is 0 Å². The first-order valence-electron chi connectivity index (χ1n) is 12.1. The zero-order valence-corrected chi connectivity index (χ0v) is 22.1. The van der Waals surface area contributed by atoms with Crippen LogP contribution < -0.4 is 18.9 Å². The van der Waals surface area contributed by atoms with Crippen LogP contribution in [0.5, 0.6) is 23.0 Å². The molecule has 1 aliphatic rings. The molecule has 1 fully saturated rings. The van der Waals surface area contributed by atoms with Gasteiger partial charge in [-0.25, -0.2) is 0 Å². The van der Waals surface area contributed by atoms with Crippen LogP contribution in [0.25, 0.3) is 0 Å². The van der Waals surface area contributed by atoms with E-state index in [1.165, 1.54) is 27.7 Å². The molecule has 2 unspecified atom stereocenters. The third-order valence-corrected chi connectivity index (χ3v) is 5.86. The van der Waals surface area contributed by atoms with E-state index in [4.69, 9.17) is 18.9 Å². The molecule has 0 radical (unpaired) electrons. The summed E-state index contributed by atoms with van der Waals surface area (Å²) in [6.45, 7) is 6.10. The Labute approximate surface area is 220 Å². The van der Waals surface area contributed by atoms with Gasteiger partial charge in [-0.1, -0.05) is 12.1 Å². The summed E-state index contributed by atoms with van der Waals surface area (Å²) in [5, 5.41) is 0. The molecular weight excluding hydrogens is 494 g/mol. The summed E-state index contributed by atoms with van der Waals surface area (Å²) in [7, 11) is 1.94. The Kier molecular flexibility index (Phi) is 9.35. The highest BCUT2D eigenvalue weighted by Gasteiger charge is 2.34. The lowest BCUT2D eigenvalue weighted by Crippen LogP contribution is -2.46. The molecule has 0 aliphatic carbocycles. The number of ether oxygens (including phenoxy) is 4. The van der Waals surface area contributed by atoms with E-state index in [1.807, 2.05) is 7.05 Å². The van der Waals surface area contributed by atoms with Gasteiger partial charge >= 0.3 is 23.9 Å². The number of nitrogens with zero attached hydrogens (tertiary/aromatic N) is 1. The van der Waals surface area contributed by atoms with Gasteiger partial charge in [0.05, 0.1) is 0 Å². The molecule has 1 heterocycles. The second kappa shape index (κ2) is 12.5. The smallest absolute Gasteiger partial charge is 0.308 e. The van der Waals surface area contributed by atoms with Crippen molar-refractivity contribution in [1.29, 1.82) is 0 Å². The molecule has 10 nitrogen and oxygen atoms in total. The van der Waals surface area contributed by atoms with Crippen molar-refractivity contribution in [2.75, 3.05) is 20.1 Å². The molecular formula is C28H31NO9. The lowest BCUT2D eigenvalue weighted by Gasteiger charge is -2.34. The molecule has 2 aromatic carbocycles. The molecule has 0 spiro atoms. The van der Waals surface area contributed by atoms with Crippen LogP contribution in [0, 0.1) is 11.8 Å². The van der Waals surface area contributed by atoms with Crippen LogP contribution in [-0.4, -0.2) is 54.7 Å². The topological polar surface area (TPSA) is 126 Å². The number of piperidine rings is 1. The molecule has 1 saturated heterocycles. The van der Waals surface area contributed by atoms with Crippen molar-refractivity contribution in [1.82, 2.24) is 4.90 Å². The number of carbonyl (C=O) groups excluding carboxylic acids is 5. The van der Waals surface area contributed by atoms with Crippen LogP contribution in [0.2, 0.25) is 0 Å². The molecule has 38 heavy (non-hydrogen) atoms. The second-order valence-electron chi connectivity index (χ2n) is 9.36. The van der Waals surface area contributed by atoms with Gasteiger partial charge in [0.15, 0.2) is 23.0 Å². The number of likely N-dealkylation sites (tertiary alicyclic amines) is 1. The number of hydrogen-bond donors (Lipinski definition) is 0. The average molecular weight is 526 g/mol. The van der Waals surface area contributed by atoms with Gasteiger partial charge in [0.25, 0.3) is 0 Å². The summed E-state index contributed by atoms with van der Waals surface area (Å²) in [5.41, 5.74) is 1.51. The van der Waals surface area contributed by atoms with E-state index in [0.717, 1.165) is 11.1 Å². The Balaban J connectivity index is 1.80. The molecule has 0 aromatic heterocycles. The minimum atomic E-state index is -0.558. The predicted molar refractivity (Wildman–Crippen MR) is 135 cm³/mol. The Hall–Kier alpha value is -4.05. The standard InChI is InChI=1S/C28H31NO9/c1-16(30)35-24-8-6-20(12-26(24)37-18(3)32)10-22-14-29(5)15-23(28(22)34)11-21-7-9-25(36-17(2)31)27(13-21)38-19(4)33/h6-9,12-13,22-23H,10-11,14-15H2,1-5H3. The summed E-state index contributed by atoms with van der Waals surface area (Å²) in [4.78, 5) is 61.5. The summed E-state index contributed by atoms with van der Waals surface area (Å²) in [6, 6.07) is 9.78. The number of esters is 4. The van der Waals surface area contributed by atoms with E-state index in [-0.39, 0.29) is 40.6 Å². The number of carbonyl (C=O) groups is 5. The van der Waals surface area contributed by atoms with Crippen LogP contribution in [0.15, 0.2) is 36.4 Å². The second-order valence-corrected chi connectivity index (χ2v) is 9.36. The van der Waals surface area contributed by atoms with Crippen molar-refractivity contribution < 1.29 is 42.9 Å². The number of ketones is 1. The van der Waals surface area contributed by atoms with Crippen LogP contribution in [0.1, 0.15) is 38.8 Å². The zero-order chi connectivity index (χ0) is 28.0. The van der Waals surface area contributed by atoms with Gasteiger partial charge in [0.2, 0.25) is 0 Å². The van der Waals surface area contributed by atoms with Gasteiger partial charge < -0.3 is 23.8 Å². The zero-order valence-electron chi connectivity index (χ0n) is 22.1. The maximum absolute atomic E-state index is 13.5. The highest BCUT2D eigenvalue weighted by Crippen LogP contribution is 2.33. The molecule has 1 aliphatic heterocycles. The monoisotopic (exact) mass is 525 g/mol. The van der Waals surface area contributed by atoms with Gasteiger partial charge in [-0.3, -0.25) is 24.0 Å². The largest absolute Gasteiger partial charge is 0.423 e. The van der Waals surface area contributed by atoms with Crippen LogP contribution in [-0.2, 0) is 36.8 Å². The predicted octanol–water partition coefficient (Wildman–Crippen LogP) is 2.92. The van der Waals surface area contributed by atoms with Crippen molar-refractivity contribution in [2.45, 2.75) is 40.5 Å². The Morgan fingerprint density at radius 3 is 1.34 bits per heavy atom. The van der Waals surface area contributed by atoms with Gasteiger partial charge in [-0.15, -0.1) is 0 Å². The summed E-state index contributed by atoms with van der Waals surface area (Å²) < 4.78 is 20.7. The number of Topliss-reactive ketones (excluding diaryl/α,β-unsaturated/α-hetero) is 1. The molecule has 2 aromatic rings. The molecule has 10 heteroatoms. The Morgan fingerprint density at radius 1 is 0.658 bits per heavy atom. The van der Waals surface area contributed by atoms with Crippen molar-refractivity contribution in [2.24, 2.45) is 11.8 Å². The van der Waals surface area contributed by atoms with E-state index in [9.17, 15) is 24.0 Å². The Morgan fingerprint density at radius 2 is 1.00 bits per heavy atom. The van der Waals surface area contributed by atoms with Gasteiger partial charge in [-0.2, -0.15) is 0 Å². The SMILES string of the molecule is CC(=O)Oc1ccc(CC2CN(C)CC(Cc3ccc(OC(C)=O)c(OC(C)=O)c3)C2=O)cc1OC(C)=O. The van der Waals surface area contributed by atoms with Crippen molar-refractivity contribution >= 4 is 29.7 Å². The van der Waals surface area contributed by atoms with Crippen molar-refractivity contribution in [3.05, 3.63) is 47.5 Å². The highest BCUT2D eigenvalue weighted by molar-refractivity contribution is 5.85. The summed E-state index contributed by atoms with van der Waals surface area (Å²) in [6.07, 6.45) is 0.802. The Bertz CT molecular complexity index is 1160. The summed E-state index contributed by atoms with van der Waals surface area (Å²) in [5.74, 6) is -2.29. The maximum atomic E-state index is 13.5. The molecule has 3 rings (SSSR count).